The number of nitrogens with zero attached hydrogens (tertiary/aromatic N) is 1. The largest absolute Gasteiger partial charge is 0.460 e. The molecule has 0 saturated carbocycles. The van der Waals surface area contributed by atoms with Gasteiger partial charge in [-0.05, 0) is 106 Å². The van der Waals surface area contributed by atoms with Gasteiger partial charge >= 0.3 is 18.0 Å². The molecular weight excluding hydrogens is 1220 g/mol. The molecule has 510 valence electrons. The lowest BCUT2D eigenvalue weighted by Gasteiger charge is -2.30. The Morgan fingerprint density at radius 2 is 1.00 bits per heavy atom. The molecule has 12 unspecified atom stereocenters. The standard InChI is InChI=1S/C68H88N6O20/c1-36-27-46-56(50(75)33-48(60(46)79)73-64(81)38(3)15-13-17-52(87-9)62(93-35-72-86)42(7)31-40(5)58(77)54(29-36)89-11)70-23-25-91-66(83)44-19-21-45(22-20-44)67(84)92-26-24-71-57-47-28-37(2)30-55(90-12)59(78)41(6)32-43(8)63(94-68(69)85)53(88-10)18-14-16-39(4)65(82)74-49(61(47)80)34-51(57)76/h13-22,31-34,36-37,40-41,52-55,58-59,62-63,70-71,77-78H,23-30,35H2,1-12H3,(H2,69,85)(H,73,81)(H,74,82)/b17-13-,18-14-,38-15+,39-16+,42-31+,43-32+. The van der Waals surface area contributed by atoms with Crippen molar-refractivity contribution in [2.24, 2.45) is 34.6 Å². The molecule has 5 rings (SSSR count). The van der Waals surface area contributed by atoms with Crippen molar-refractivity contribution in [2.45, 2.75) is 130 Å². The summed E-state index contributed by atoms with van der Waals surface area (Å²) in [5, 5.41) is 36.9. The highest BCUT2D eigenvalue weighted by Gasteiger charge is 2.36. The van der Waals surface area contributed by atoms with Gasteiger partial charge in [-0.15, -0.1) is 4.91 Å². The molecule has 26 nitrogen and oxygen atoms in total. The van der Waals surface area contributed by atoms with Gasteiger partial charge in [0.05, 0.1) is 58.3 Å². The second-order valence-corrected chi connectivity index (χ2v) is 23.6. The van der Waals surface area contributed by atoms with Crippen LogP contribution in [0.2, 0.25) is 0 Å². The average molecular weight is 1310 g/mol. The maximum Gasteiger partial charge on any atom is 0.405 e. The van der Waals surface area contributed by atoms with E-state index in [1.165, 1.54) is 90.9 Å². The third kappa shape index (κ3) is 21.2. The fraction of sp³-hybridized carbons (Fsp3) is 0.485. The number of nitroso groups, excluding NO2 is 1. The molecule has 3 amide bonds. The summed E-state index contributed by atoms with van der Waals surface area (Å²) in [5.74, 6) is -7.39. The number of carbonyl (C=O) groups excluding carboxylic acids is 9. The number of ketones is 4. The number of amides is 3. The SMILES string of the molecule is COC1/C=C\C=C(/C)C(=O)NC2=CC(=O)C(NCCOC(=O)c3ccc(C(=O)OCCNC4=C5CC(C)CC(OC)C(O)C(C)/C=C(\C)C(OC(N)=O)C(OC)/C=C\C=C(/C)C(=O)NC(=CC4=O)C5=O)cc3)=C(CC(C)CC(OC)C(O)C(C)/C=C(\C)C1OCN=O)C2=O. The van der Waals surface area contributed by atoms with Crippen molar-refractivity contribution in [1.29, 1.82) is 0 Å². The minimum Gasteiger partial charge on any atom is -0.460 e. The number of hydrogen-bond donors (Lipinski definition) is 7. The normalized spacial score (nSPS) is 29.6. The molecular formula is C68H88N6O20. The first-order valence-corrected chi connectivity index (χ1v) is 30.7. The highest BCUT2D eigenvalue weighted by Crippen LogP contribution is 2.32. The molecule has 0 fully saturated rings. The predicted molar refractivity (Wildman–Crippen MR) is 343 cm³/mol. The number of hydrogen-bond acceptors (Lipinski definition) is 23. The van der Waals surface area contributed by atoms with Crippen molar-refractivity contribution in [1.82, 2.24) is 21.3 Å². The number of aliphatic hydroxyl groups excluding tert-OH is 2. The lowest BCUT2D eigenvalue weighted by atomic mass is 9.85. The van der Waals surface area contributed by atoms with Crippen LogP contribution in [-0.4, -0.2) is 173 Å². The van der Waals surface area contributed by atoms with Gasteiger partial charge in [0.2, 0.25) is 23.1 Å². The maximum absolute atomic E-state index is 14.2. The van der Waals surface area contributed by atoms with Gasteiger partial charge < -0.3 is 75.1 Å². The quantitative estimate of drug-likeness (QED) is 0.0242. The first kappa shape index (κ1) is 76.1. The highest BCUT2D eigenvalue weighted by molar-refractivity contribution is 6.24. The number of ether oxygens (including phenoxy) is 8. The average Bonchev–Trinajstić information content (AvgIpc) is 0.859. The Hall–Kier alpha value is -8.63. The number of nitrogens with one attached hydrogen (secondary N) is 4. The number of primary amides is 1. The lowest BCUT2D eigenvalue weighted by molar-refractivity contribution is -0.120. The monoisotopic (exact) mass is 1310 g/mol. The van der Waals surface area contributed by atoms with E-state index in [-0.39, 0.29) is 108 Å². The molecule has 4 bridgehead atoms. The van der Waals surface area contributed by atoms with Crippen molar-refractivity contribution >= 4 is 53.0 Å². The summed E-state index contributed by atoms with van der Waals surface area (Å²) in [5.41, 5.74) is 6.33. The smallest absolute Gasteiger partial charge is 0.405 e. The van der Waals surface area contributed by atoms with E-state index in [2.05, 4.69) is 26.4 Å². The maximum atomic E-state index is 14.2. The molecule has 26 heteroatoms. The fourth-order valence-electron chi connectivity index (χ4n) is 11.2. The third-order valence-corrected chi connectivity index (χ3v) is 16.3. The van der Waals surface area contributed by atoms with E-state index in [0.29, 0.717) is 11.1 Å². The van der Waals surface area contributed by atoms with Crippen LogP contribution in [0.5, 0.6) is 0 Å². The van der Waals surface area contributed by atoms with Crippen LogP contribution in [0.4, 0.5) is 4.79 Å². The Morgan fingerprint density at radius 1 is 0.606 bits per heavy atom. The molecule has 0 spiro atoms. The second kappa shape index (κ2) is 36.7. The fourth-order valence-corrected chi connectivity index (χ4v) is 11.2. The molecule has 12 atom stereocenters. The van der Waals surface area contributed by atoms with E-state index < -0.39 is 132 Å². The molecule has 2 aliphatic heterocycles. The van der Waals surface area contributed by atoms with E-state index in [1.54, 1.807) is 58.9 Å². The van der Waals surface area contributed by atoms with E-state index >= 15 is 0 Å². The van der Waals surface area contributed by atoms with Crippen LogP contribution < -0.4 is 27.0 Å². The molecule has 1 aromatic rings. The van der Waals surface area contributed by atoms with Gasteiger partial charge in [0, 0.05) is 87.8 Å². The molecule has 2 heterocycles. The minimum absolute atomic E-state index is 0.000191. The van der Waals surface area contributed by atoms with Crippen LogP contribution in [0.15, 0.2) is 146 Å². The first-order valence-electron chi connectivity index (χ1n) is 30.7. The first-order chi connectivity index (χ1) is 44.7. The zero-order valence-electron chi connectivity index (χ0n) is 55.1. The van der Waals surface area contributed by atoms with Crippen LogP contribution in [-0.2, 0) is 66.7 Å². The number of methoxy groups -OCH3 is 4. The Labute approximate surface area is 546 Å². The van der Waals surface area contributed by atoms with Crippen LogP contribution in [0.25, 0.3) is 0 Å². The molecule has 2 aliphatic carbocycles. The summed E-state index contributed by atoms with van der Waals surface area (Å²) in [7, 11) is 5.70. The van der Waals surface area contributed by atoms with Crippen LogP contribution >= 0.6 is 0 Å². The molecule has 0 radical (unpaired) electrons. The van der Waals surface area contributed by atoms with Gasteiger partial charge in [0.15, 0.2) is 12.8 Å². The summed E-state index contributed by atoms with van der Waals surface area (Å²) in [6.45, 7) is 12.3. The summed E-state index contributed by atoms with van der Waals surface area (Å²) < 4.78 is 44.9. The number of rotatable bonds is 18. The molecule has 1 aromatic carbocycles. The molecule has 4 aliphatic rings. The van der Waals surface area contributed by atoms with Gasteiger partial charge in [-0.25, -0.2) is 14.4 Å². The molecule has 0 aromatic heterocycles. The van der Waals surface area contributed by atoms with Gasteiger partial charge in [-0.1, -0.05) is 76.3 Å². The second-order valence-electron chi connectivity index (χ2n) is 23.6. The van der Waals surface area contributed by atoms with Crippen molar-refractivity contribution < 1.29 is 91.3 Å². The van der Waals surface area contributed by atoms with E-state index in [0.717, 1.165) is 12.2 Å². The van der Waals surface area contributed by atoms with Crippen LogP contribution in [0.1, 0.15) is 102 Å². The zero-order valence-corrected chi connectivity index (χ0v) is 55.1. The van der Waals surface area contributed by atoms with Crippen molar-refractivity contribution in [3.63, 3.8) is 0 Å². The lowest BCUT2D eigenvalue weighted by Crippen LogP contribution is -2.38. The van der Waals surface area contributed by atoms with E-state index in [1.807, 2.05) is 6.92 Å². The van der Waals surface area contributed by atoms with Crippen molar-refractivity contribution in [3.05, 3.63) is 157 Å². The Bertz CT molecular complexity index is 3310. The number of allylic oxidation sites excluding steroid dienone is 8. The number of carbonyl (C=O) groups is 9. The number of benzene rings is 1. The van der Waals surface area contributed by atoms with Gasteiger partial charge in [0.1, 0.15) is 31.5 Å². The topological polar surface area (TPSA) is 372 Å². The number of aliphatic hydroxyl groups is 2. The Balaban J connectivity index is 1.25. The van der Waals surface area contributed by atoms with E-state index in [9.17, 15) is 58.3 Å². The summed E-state index contributed by atoms with van der Waals surface area (Å²) in [4.78, 5) is 133. The number of esters is 2. The summed E-state index contributed by atoms with van der Waals surface area (Å²) in [6, 6.07) is 5.36. The van der Waals surface area contributed by atoms with Crippen LogP contribution in [0.3, 0.4) is 0 Å². The Morgan fingerprint density at radius 3 is 1.37 bits per heavy atom. The van der Waals surface area contributed by atoms with Crippen molar-refractivity contribution in [3.8, 4) is 0 Å². The molecule has 94 heavy (non-hydrogen) atoms. The number of fused-ring (bicyclic) bond motifs is 4. The van der Waals surface area contributed by atoms with Gasteiger partial charge in [-0.3, -0.25) is 28.8 Å². The highest BCUT2D eigenvalue weighted by atomic mass is 16.6. The van der Waals surface area contributed by atoms with Gasteiger partial charge in [0.25, 0.3) is 11.8 Å². The van der Waals surface area contributed by atoms with Crippen LogP contribution in [0, 0.1) is 28.6 Å². The van der Waals surface area contributed by atoms with E-state index in [4.69, 9.17) is 43.6 Å². The summed E-state index contributed by atoms with van der Waals surface area (Å²) in [6.07, 6.45) is 6.78. The predicted octanol–water partition coefficient (Wildman–Crippen LogP) is 5.38. The third-order valence-electron chi connectivity index (χ3n) is 16.3. The minimum atomic E-state index is -1.10. The molecule has 8 N–H and O–H groups in total. The molecule has 0 saturated heterocycles. The number of nitrogens with two attached hydrogens (primary N) is 1. The Kier molecular flexibility index (Phi) is 29.7. The zero-order chi connectivity index (χ0) is 69.5. The summed E-state index contributed by atoms with van der Waals surface area (Å²) >= 11 is 0. The van der Waals surface area contributed by atoms with Gasteiger partial charge in [-0.2, -0.15) is 0 Å². The number of Topliss-reactive ketones (excluding diaryl/α,β-unsaturated/α-hetero) is 2. The van der Waals surface area contributed by atoms with Crippen molar-refractivity contribution in [2.75, 3.05) is 61.5 Å².